The van der Waals surface area contributed by atoms with Crippen LogP contribution in [0.15, 0.2) is 51.1 Å². The zero-order valence-corrected chi connectivity index (χ0v) is 16.0. The quantitative estimate of drug-likeness (QED) is 0.601. The molecule has 22 heavy (non-hydrogen) atoms. The molecule has 0 amide bonds. The van der Waals surface area contributed by atoms with Crippen molar-refractivity contribution in [1.29, 1.82) is 0 Å². The van der Waals surface area contributed by atoms with Gasteiger partial charge in [-0.05, 0) is 0 Å². The van der Waals surface area contributed by atoms with Gasteiger partial charge < -0.3 is 9.41 Å². The largest absolute Gasteiger partial charge is 1.00 e. The van der Waals surface area contributed by atoms with Gasteiger partial charge in [0.15, 0.2) is 0 Å². The van der Waals surface area contributed by atoms with Gasteiger partial charge in [-0.2, -0.15) is 0 Å². The molecular formula is C18H19F2PZr. The summed E-state index contributed by atoms with van der Waals surface area (Å²) in [5.74, 6) is 0. The van der Waals surface area contributed by atoms with Gasteiger partial charge in [0.25, 0.3) is 0 Å². The Bertz CT molecular complexity index is 650. The molecule has 0 N–H and O–H groups in total. The molecule has 0 nitrogen and oxygen atoms in total. The normalized spacial score (nSPS) is 26.1. The summed E-state index contributed by atoms with van der Waals surface area (Å²) < 4.78 is 2.41. The Kier molecular flexibility index (Phi) is 5.73. The van der Waals surface area contributed by atoms with Gasteiger partial charge in [-0.3, -0.25) is 0 Å². The second kappa shape index (κ2) is 7.02. The molecule has 114 valence electrons. The molecule has 4 rings (SSSR count). The van der Waals surface area contributed by atoms with Gasteiger partial charge in [-0.25, -0.2) is 0 Å². The maximum atomic E-state index is 2.62. The number of hydrogen-bond acceptors (Lipinski definition) is 0. The summed E-state index contributed by atoms with van der Waals surface area (Å²) >= 11 is -0.510. The Morgan fingerprint density at radius 2 is 2.00 bits per heavy atom. The predicted molar refractivity (Wildman–Crippen MR) is 84.6 cm³/mol. The van der Waals surface area contributed by atoms with E-state index in [4.69, 9.17) is 0 Å². The molecule has 1 aromatic carbocycles. The number of hydrogen-bond donors (Lipinski definition) is 0. The Morgan fingerprint density at radius 1 is 1.18 bits per heavy atom. The first-order valence-electron chi connectivity index (χ1n) is 7.59. The van der Waals surface area contributed by atoms with Crippen molar-refractivity contribution >= 4 is 14.0 Å². The van der Waals surface area contributed by atoms with Crippen molar-refractivity contribution in [2.45, 2.75) is 29.1 Å². The van der Waals surface area contributed by atoms with E-state index in [0.717, 1.165) is 0 Å². The molecule has 1 spiro atoms. The minimum Gasteiger partial charge on any atom is -1.00 e. The van der Waals surface area contributed by atoms with Gasteiger partial charge in [0.1, 0.15) is 0 Å². The van der Waals surface area contributed by atoms with Crippen molar-refractivity contribution in [3.05, 3.63) is 62.2 Å². The molecule has 0 fully saturated rings. The fourth-order valence-electron chi connectivity index (χ4n) is 3.60. The van der Waals surface area contributed by atoms with E-state index >= 15 is 0 Å². The Balaban J connectivity index is 0.000000882. The number of rotatable bonds is 3. The minimum atomic E-state index is -0.510. The summed E-state index contributed by atoms with van der Waals surface area (Å²) in [6.45, 7) is 2.33. The molecule has 1 heterocycles. The molecule has 2 atom stereocenters. The molecule has 4 heteroatoms. The molecule has 0 saturated carbocycles. The van der Waals surface area contributed by atoms with E-state index in [2.05, 4.69) is 55.5 Å². The van der Waals surface area contributed by atoms with Gasteiger partial charge in [0.05, 0.1) is 0 Å². The van der Waals surface area contributed by atoms with Gasteiger partial charge in [-0.15, -0.1) is 0 Å². The van der Waals surface area contributed by atoms with E-state index in [9.17, 15) is 0 Å². The summed E-state index contributed by atoms with van der Waals surface area (Å²) in [6, 6.07) is 9.17. The molecule has 2 unspecified atom stereocenters. The van der Waals surface area contributed by atoms with Gasteiger partial charge in [0, 0.05) is 0 Å². The molecule has 3 aliphatic rings. The van der Waals surface area contributed by atoms with E-state index in [1.807, 2.05) is 3.28 Å². The van der Waals surface area contributed by atoms with Crippen molar-refractivity contribution in [2.24, 2.45) is 0 Å². The average Bonchev–Trinajstić information content (AvgIpc) is 3.13. The van der Waals surface area contributed by atoms with Crippen LogP contribution in [0.25, 0.3) is 6.08 Å². The number of unbranched alkanes of at least 4 members (excludes halogenated alkanes) is 1. The summed E-state index contributed by atoms with van der Waals surface area (Å²) in [5, 5.41) is 1.81. The first-order valence-corrected chi connectivity index (χ1v) is 11.6. The molecule has 0 saturated heterocycles. The zero-order chi connectivity index (χ0) is 13.6. The van der Waals surface area contributed by atoms with Crippen LogP contribution >= 0.6 is 7.92 Å². The average molecular weight is 396 g/mol. The van der Waals surface area contributed by atoms with E-state index in [0.29, 0.717) is 2.86 Å². The number of halogens is 2. The first-order chi connectivity index (χ1) is 9.85. The van der Waals surface area contributed by atoms with E-state index in [1.165, 1.54) is 31.0 Å². The van der Waals surface area contributed by atoms with E-state index in [1.54, 1.807) is 10.9 Å². The molecular weight excluding hydrogens is 376 g/mol. The number of allylic oxidation sites excluding steroid dienone is 5. The van der Waals surface area contributed by atoms with Crippen LogP contribution in [-0.2, 0) is 26.1 Å². The van der Waals surface area contributed by atoms with Crippen molar-refractivity contribution in [2.75, 3.05) is 6.16 Å². The fourth-order valence-corrected chi connectivity index (χ4v) is 15.1. The van der Waals surface area contributed by atoms with Crippen LogP contribution in [0.2, 0.25) is 0 Å². The van der Waals surface area contributed by atoms with Crippen LogP contribution in [-0.4, -0.2) is 6.16 Å². The number of fused-ring (bicyclic) bond motifs is 2. The second-order valence-corrected chi connectivity index (χ2v) is 13.3. The van der Waals surface area contributed by atoms with Crippen molar-refractivity contribution in [1.82, 2.24) is 0 Å². The fraction of sp³-hybridized carbons (Fsp3) is 0.333. The molecule has 1 aliphatic heterocycles. The molecule has 2 aliphatic carbocycles. The summed E-state index contributed by atoms with van der Waals surface area (Å²) in [7, 11) is 0.0182. The zero-order valence-electron chi connectivity index (χ0n) is 12.7. The standard InChI is InChI=1S/C18H19P.2FH.Zr/c1-2-3-14-19(16-9-5-6-10-16)18-13-12-15-8-4-7-11-17(15)18;;;/h4-5,7-9,11-13H,2-3,6,14H2,1H3;2*1H;/q;;;+2/p-2. The predicted octanol–water partition coefficient (Wildman–Crippen LogP) is -0.576. The summed E-state index contributed by atoms with van der Waals surface area (Å²) in [6.07, 6.45) is 15.4. The van der Waals surface area contributed by atoms with Gasteiger partial charge in [-0.1, -0.05) is 0 Å². The third-order valence-electron chi connectivity index (χ3n) is 4.58. The summed E-state index contributed by atoms with van der Waals surface area (Å²) in [4.78, 5) is 0. The Morgan fingerprint density at radius 3 is 2.82 bits per heavy atom. The van der Waals surface area contributed by atoms with Gasteiger partial charge >= 0.3 is 135 Å². The van der Waals surface area contributed by atoms with Crippen molar-refractivity contribution < 1.29 is 32.6 Å². The van der Waals surface area contributed by atoms with E-state index in [-0.39, 0.29) is 17.3 Å². The maximum absolute atomic E-state index is 2.62. The smallest absolute Gasteiger partial charge is 1.00 e. The topological polar surface area (TPSA) is 0 Å². The molecule has 0 radical (unpaired) electrons. The Hall–Kier alpha value is -0.387. The monoisotopic (exact) mass is 394 g/mol. The maximum Gasteiger partial charge on any atom is -1.00 e. The van der Waals surface area contributed by atoms with Crippen LogP contribution in [0.1, 0.15) is 37.3 Å². The summed E-state index contributed by atoms with van der Waals surface area (Å²) in [5.41, 5.74) is 3.18. The molecule has 1 aromatic rings. The Labute approximate surface area is 143 Å². The van der Waals surface area contributed by atoms with Gasteiger partial charge in [0.2, 0.25) is 0 Å². The minimum absolute atomic E-state index is 0. The van der Waals surface area contributed by atoms with Crippen LogP contribution in [0, 0.1) is 0 Å². The van der Waals surface area contributed by atoms with Crippen LogP contribution in [0.5, 0.6) is 0 Å². The third-order valence-corrected chi connectivity index (χ3v) is 14.7. The molecule has 0 bridgehead atoms. The van der Waals surface area contributed by atoms with E-state index < -0.39 is 23.2 Å². The van der Waals surface area contributed by atoms with Crippen LogP contribution < -0.4 is 9.41 Å². The van der Waals surface area contributed by atoms with Crippen LogP contribution in [0.4, 0.5) is 0 Å². The number of benzene rings is 1. The first kappa shape index (κ1) is 18.0. The van der Waals surface area contributed by atoms with Crippen LogP contribution in [0.3, 0.4) is 0 Å². The van der Waals surface area contributed by atoms with Crippen molar-refractivity contribution in [3.63, 3.8) is 0 Å². The second-order valence-electron chi connectivity index (χ2n) is 5.79. The van der Waals surface area contributed by atoms with Crippen molar-refractivity contribution in [3.8, 4) is 0 Å². The molecule has 0 aromatic heterocycles. The third kappa shape index (κ3) is 2.55. The SMILES string of the molecule is CCCCP1C2=[C](CC=C2)[Zr+2][C]12C=Cc1ccccc12.[F-].[F-].